The standard InChI is InChI=1S/C27H36AsN5O5/c1-3-18-7-6-8-19-16(2)22(38-24(18)19)14-21(26(36)37)32-23(34)9-4-5-11-31-25(35)20(28)13-17-10-12-33(15-17)27(29)30/h6-8,10,20-21H,3-5,9,11-15H2,1-2H3,(H3,29,30)(H,31,35)(H,32,34)(H,36,37). The zero-order valence-corrected chi connectivity index (χ0v) is 23.8. The zero-order chi connectivity index (χ0) is 27.8. The summed E-state index contributed by atoms with van der Waals surface area (Å²) in [5.41, 5.74) is 9.30. The van der Waals surface area contributed by atoms with Crippen molar-refractivity contribution in [3.05, 3.63) is 46.7 Å². The van der Waals surface area contributed by atoms with Gasteiger partial charge in [-0.15, -0.1) is 0 Å². The van der Waals surface area contributed by atoms with E-state index < -0.39 is 12.0 Å². The number of aliphatic carboxylic acids is 1. The Balaban J connectivity index is 1.40. The minimum atomic E-state index is -1.11. The molecule has 204 valence electrons. The van der Waals surface area contributed by atoms with Gasteiger partial charge in [0.05, 0.1) is 0 Å². The summed E-state index contributed by atoms with van der Waals surface area (Å²) >= 11 is 2.38. The summed E-state index contributed by atoms with van der Waals surface area (Å²) in [6.45, 7) is 5.53. The molecule has 2 amide bonds. The van der Waals surface area contributed by atoms with Gasteiger partial charge in [0.15, 0.2) is 0 Å². The van der Waals surface area contributed by atoms with Crippen molar-refractivity contribution in [2.75, 3.05) is 19.6 Å². The number of fused-ring (bicyclic) bond motifs is 1. The van der Waals surface area contributed by atoms with E-state index in [1.54, 1.807) is 4.90 Å². The molecule has 10 nitrogen and oxygen atoms in total. The van der Waals surface area contributed by atoms with Crippen LogP contribution in [0, 0.1) is 12.3 Å². The second-order valence-electron chi connectivity index (χ2n) is 9.56. The average Bonchev–Trinajstić information content (AvgIpc) is 3.47. The second-order valence-corrected chi connectivity index (χ2v) is 10.9. The SMILES string of the molecule is CCc1cccc2c(C)c(CC(NC(=O)CCCCNC(=O)C([As])CC3=CCN(C(=N)N)C3)C(=O)O)oc12. The number of carboxylic acids is 1. The van der Waals surface area contributed by atoms with Crippen molar-refractivity contribution in [2.45, 2.75) is 63.1 Å². The van der Waals surface area contributed by atoms with Gasteiger partial charge in [-0.05, 0) is 24.5 Å². The number of unbranched alkanes of at least 4 members (excludes halogenated alkanes) is 1. The van der Waals surface area contributed by atoms with Crippen LogP contribution in [0.25, 0.3) is 11.0 Å². The van der Waals surface area contributed by atoms with E-state index in [0.717, 1.165) is 34.1 Å². The predicted octanol–water partition coefficient (Wildman–Crippen LogP) is 2.18. The van der Waals surface area contributed by atoms with Gasteiger partial charge in [0.1, 0.15) is 5.58 Å². The summed E-state index contributed by atoms with van der Waals surface area (Å²) in [7, 11) is 0. The number of nitrogens with zero attached hydrogens (tertiary/aromatic N) is 1. The molecule has 3 rings (SSSR count). The molecular formula is C27H36AsN5O5. The summed E-state index contributed by atoms with van der Waals surface area (Å²) in [5, 5.41) is 23.6. The van der Waals surface area contributed by atoms with Gasteiger partial charge in [-0.3, -0.25) is 0 Å². The van der Waals surface area contributed by atoms with Crippen molar-refractivity contribution < 1.29 is 23.9 Å². The Hall–Kier alpha value is -3.26. The number of para-hydroxylation sites is 1. The summed E-state index contributed by atoms with van der Waals surface area (Å²) in [6.07, 6.45) is 4.73. The second kappa shape index (κ2) is 13.5. The number of hydrogen-bond donors (Lipinski definition) is 5. The van der Waals surface area contributed by atoms with Crippen molar-refractivity contribution in [2.24, 2.45) is 5.73 Å². The molecule has 1 aliphatic rings. The number of guanidine groups is 1. The first-order valence-corrected chi connectivity index (χ1v) is 13.9. The van der Waals surface area contributed by atoms with Crippen molar-refractivity contribution >= 4 is 51.6 Å². The molecule has 2 unspecified atom stereocenters. The Kier molecular flexibility index (Phi) is 10.4. The van der Waals surface area contributed by atoms with Gasteiger partial charge in [0, 0.05) is 5.39 Å². The van der Waals surface area contributed by atoms with Gasteiger partial charge < -0.3 is 4.42 Å². The number of nitrogens with one attached hydrogen (secondary N) is 3. The Morgan fingerprint density at radius 2 is 2.03 bits per heavy atom. The average molecular weight is 586 g/mol. The number of aryl methyl sites for hydroxylation is 2. The molecule has 0 spiro atoms. The van der Waals surface area contributed by atoms with E-state index in [4.69, 9.17) is 15.6 Å². The molecule has 6 N–H and O–H groups in total. The minimum absolute atomic E-state index is 0.0248. The molecule has 2 heterocycles. The number of nitrogens with two attached hydrogens (primary N) is 1. The molecule has 0 saturated carbocycles. The Bertz CT molecular complexity index is 1220. The molecule has 0 fully saturated rings. The molecule has 0 aliphatic carbocycles. The van der Waals surface area contributed by atoms with Gasteiger partial charge in [-0.2, -0.15) is 0 Å². The molecule has 1 aromatic heterocycles. The Labute approximate surface area is 231 Å². The first kappa shape index (κ1) is 29.3. The van der Waals surface area contributed by atoms with E-state index in [1.807, 2.05) is 38.1 Å². The van der Waals surface area contributed by atoms with E-state index >= 15 is 0 Å². The fraction of sp³-hybridized carbons (Fsp3) is 0.481. The van der Waals surface area contributed by atoms with Crippen LogP contribution in [0.3, 0.4) is 0 Å². The number of carbonyl (C=O) groups excluding carboxylic acids is 2. The summed E-state index contributed by atoms with van der Waals surface area (Å²) in [4.78, 5) is 38.4. The van der Waals surface area contributed by atoms with Crippen molar-refractivity contribution in [3.8, 4) is 0 Å². The number of carbonyl (C=O) groups is 3. The van der Waals surface area contributed by atoms with E-state index in [2.05, 4.69) is 27.5 Å². The van der Waals surface area contributed by atoms with Crippen LogP contribution in [-0.4, -0.2) is 76.3 Å². The molecule has 2 aromatic rings. The smallest absolute Gasteiger partial charge is 0.460 e. The van der Waals surface area contributed by atoms with Gasteiger partial charge in [0.2, 0.25) is 0 Å². The van der Waals surface area contributed by atoms with E-state index in [9.17, 15) is 19.5 Å². The van der Waals surface area contributed by atoms with Crippen LogP contribution in [0.1, 0.15) is 49.5 Å². The normalized spacial score (nSPS) is 14.7. The molecule has 0 bridgehead atoms. The van der Waals surface area contributed by atoms with Gasteiger partial charge in [-0.1, -0.05) is 25.1 Å². The number of rotatable bonds is 13. The Morgan fingerprint density at radius 3 is 2.68 bits per heavy atom. The number of amides is 2. The third-order valence-electron chi connectivity index (χ3n) is 6.77. The molecule has 1 aliphatic heterocycles. The topological polar surface area (TPSA) is 162 Å². The molecule has 1 aromatic carbocycles. The van der Waals surface area contributed by atoms with Gasteiger partial charge in [0.25, 0.3) is 0 Å². The van der Waals surface area contributed by atoms with Crippen LogP contribution in [0.15, 0.2) is 34.3 Å². The number of furan rings is 1. The van der Waals surface area contributed by atoms with Crippen LogP contribution in [-0.2, 0) is 27.2 Å². The zero-order valence-electron chi connectivity index (χ0n) is 21.9. The van der Waals surface area contributed by atoms with Crippen LogP contribution >= 0.6 is 0 Å². The van der Waals surface area contributed by atoms with Crippen molar-refractivity contribution in [1.29, 1.82) is 5.41 Å². The molecule has 0 saturated heterocycles. The summed E-state index contributed by atoms with van der Waals surface area (Å²) in [5.74, 6) is -0.963. The quantitative estimate of drug-likeness (QED) is 0.0792. The van der Waals surface area contributed by atoms with Gasteiger partial charge in [-0.25, -0.2) is 0 Å². The number of carboxylic acid groups (broad SMARTS) is 1. The van der Waals surface area contributed by atoms with E-state index in [-0.39, 0.29) is 35.3 Å². The molecule has 2 atom stereocenters. The molecule has 2 radical (unpaired) electrons. The summed E-state index contributed by atoms with van der Waals surface area (Å²) < 4.78 is 5.75. The third-order valence-corrected chi connectivity index (χ3v) is 7.65. The minimum Gasteiger partial charge on any atom is -0.460 e. The molecule has 11 heteroatoms. The first-order valence-electron chi connectivity index (χ1n) is 12.8. The van der Waals surface area contributed by atoms with Crippen LogP contribution in [0.5, 0.6) is 0 Å². The van der Waals surface area contributed by atoms with Gasteiger partial charge >= 0.3 is 167 Å². The van der Waals surface area contributed by atoms with Crippen LogP contribution < -0.4 is 16.4 Å². The van der Waals surface area contributed by atoms with Crippen molar-refractivity contribution in [1.82, 2.24) is 15.5 Å². The monoisotopic (exact) mass is 585 g/mol. The maximum atomic E-state index is 12.4. The van der Waals surface area contributed by atoms with Crippen LogP contribution in [0.4, 0.5) is 0 Å². The van der Waals surface area contributed by atoms with E-state index in [0.29, 0.717) is 44.7 Å². The first-order chi connectivity index (χ1) is 18.1. The fourth-order valence-corrected chi connectivity index (χ4v) is 5.19. The van der Waals surface area contributed by atoms with Crippen LogP contribution in [0.2, 0.25) is 4.71 Å². The van der Waals surface area contributed by atoms with Crippen molar-refractivity contribution in [3.63, 3.8) is 0 Å². The fourth-order valence-electron chi connectivity index (χ4n) is 4.50. The van der Waals surface area contributed by atoms with E-state index in [1.165, 1.54) is 0 Å². The third kappa shape index (κ3) is 7.63. The summed E-state index contributed by atoms with van der Waals surface area (Å²) in [6, 6.07) is 4.82. The number of hydrogen-bond acceptors (Lipinski definition) is 5. The molecule has 38 heavy (non-hydrogen) atoms. The number of benzene rings is 1. The maximum absolute atomic E-state index is 12.4. The molecular weight excluding hydrogens is 549 g/mol. The predicted molar refractivity (Wildman–Crippen MR) is 146 cm³/mol. The Morgan fingerprint density at radius 1 is 1.26 bits per heavy atom.